The summed E-state index contributed by atoms with van der Waals surface area (Å²) in [6.07, 6.45) is 1.99. The molecule has 2 atom stereocenters. The molecule has 0 aromatic heterocycles. The fourth-order valence-corrected chi connectivity index (χ4v) is 6.23. The lowest BCUT2D eigenvalue weighted by atomic mass is 10.1. The molecule has 0 bridgehead atoms. The van der Waals surface area contributed by atoms with Crippen LogP contribution in [0.3, 0.4) is 0 Å². The SMILES string of the molecule is O=C(CN1C(=O)COc2ccc([N+](=O)[O-])cc21)NC1CS(=O)(=O)CC1N1CCCC1. The number of carbonyl (C=O) groups excluding carboxylic acids is 2. The average molecular weight is 438 g/mol. The lowest BCUT2D eigenvalue weighted by Crippen LogP contribution is -2.53. The summed E-state index contributed by atoms with van der Waals surface area (Å²) >= 11 is 0. The van der Waals surface area contributed by atoms with Gasteiger partial charge in [0.05, 0.1) is 28.2 Å². The first kappa shape index (κ1) is 20.5. The number of likely N-dealkylation sites (tertiary alicyclic amines) is 1. The van der Waals surface area contributed by atoms with Gasteiger partial charge >= 0.3 is 0 Å². The Labute approximate surface area is 173 Å². The molecule has 2 unspecified atom stereocenters. The molecule has 3 aliphatic heterocycles. The number of non-ortho nitro benzene ring substituents is 1. The Balaban J connectivity index is 1.50. The van der Waals surface area contributed by atoms with Gasteiger partial charge in [-0.3, -0.25) is 29.5 Å². The van der Waals surface area contributed by atoms with Crippen LogP contribution >= 0.6 is 0 Å². The van der Waals surface area contributed by atoms with Crippen LogP contribution in [0.15, 0.2) is 18.2 Å². The number of ether oxygens (including phenoxy) is 1. The standard InChI is InChI=1S/C18H22N4O7S/c23-17(19-13-10-30(27,28)11-15(13)20-5-1-2-6-20)8-21-14-7-12(22(25)26)3-4-16(14)29-9-18(21)24/h3-4,7,13,15H,1-2,5-6,8-11H2,(H,19,23). The van der Waals surface area contributed by atoms with Crippen molar-refractivity contribution in [3.63, 3.8) is 0 Å². The molecule has 3 aliphatic rings. The van der Waals surface area contributed by atoms with Crippen molar-refractivity contribution in [2.45, 2.75) is 24.9 Å². The van der Waals surface area contributed by atoms with E-state index in [0.717, 1.165) is 30.8 Å². The van der Waals surface area contributed by atoms with E-state index < -0.39 is 32.6 Å². The number of benzene rings is 1. The number of anilines is 1. The maximum Gasteiger partial charge on any atom is 0.271 e. The van der Waals surface area contributed by atoms with Crippen LogP contribution < -0.4 is 15.0 Å². The molecule has 30 heavy (non-hydrogen) atoms. The minimum atomic E-state index is -3.27. The second kappa shape index (κ2) is 7.84. The Bertz CT molecular complexity index is 990. The van der Waals surface area contributed by atoms with Crippen LogP contribution in [0.4, 0.5) is 11.4 Å². The monoisotopic (exact) mass is 438 g/mol. The number of nitrogens with one attached hydrogen (secondary N) is 1. The molecule has 1 aromatic rings. The maximum atomic E-state index is 12.7. The number of fused-ring (bicyclic) bond motifs is 1. The maximum absolute atomic E-state index is 12.7. The van der Waals surface area contributed by atoms with Crippen molar-refractivity contribution < 1.29 is 27.7 Å². The molecule has 2 fully saturated rings. The third-order valence-electron chi connectivity index (χ3n) is 5.68. The van der Waals surface area contributed by atoms with E-state index in [0.29, 0.717) is 0 Å². The predicted molar refractivity (Wildman–Crippen MR) is 106 cm³/mol. The molecule has 2 saturated heterocycles. The van der Waals surface area contributed by atoms with E-state index in [4.69, 9.17) is 4.74 Å². The largest absolute Gasteiger partial charge is 0.482 e. The van der Waals surface area contributed by atoms with E-state index in [1.54, 1.807) is 0 Å². The number of nitro groups is 1. The summed E-state index contributed by atoms with van der Waals surface area (Å²) in [5.74, 6) is -0.892. The van der Waals surface area contributed by atoms with Crippen molar-refractivity contribution in [1.29, 1.82) is 0 Å². The molecule has 0 spiro atoms. The number of nitro benzene ring substituents is 1. The van der Waals surface area contributed by atoms with Gasteiger partial charge in [-0.05, 0) is 32.0 Å². The van der Waals surface area contributed by atoms with Crippen LogP contribution in [-0.4, -0.2) is 79.9 Å². The summed E-state index contributed by atoms with van der Waals surface area (Å²) in [7, 11) is -3.27. The fraction of sp³-hybridized carbons (Fsp3) is 0.556. The first-order valence-electron chi connectivity index (χ1n) is 9.69. The summed E-state index contributed by atoms with van der Waals surface area (Å²) in [5.41, 5.74) is -0.0841. The van der Waals surface area contributed by atoms with Crippen molar-refractivity contribution in [2.24, 2.45) is 0 Å². The second-order valence-electron chi connectivity index (χ2n) is 7.74. The van der Waals surface area contributed by atoms with Crippen LogP contribution in [0.1, 0.15) is 12.8 Å². The van der Waals surface area contributed by atoms with Gasteiger partial charge in [0.25, 0.3) is 11.6 Å². The highest BCUT2D eigenvalue weighted by Crippen LogP contribution is 2.35. The van der Waals surface area contributed by atoms with E-state index in [-0.39, 0.29) is 47.8 Å². The van der Waals surface area contributed by atoms with Crippen LogP contribution in [0.25, 0.3) is 0 Å². The molecule has 2 amide bonds. The van der Waals surface area contributed by atoms with Gasteiger partial charge < -0.3 is 10.1 Å². The van der Waals surface area contributed by atoms with E-state index in [9.17, 15) is 28.1 Å². The van der Waals surface area contributed by atoms with E-state index >= 15 is 0 Å². The van der Waals surface area contributed by atoms with Crippen LogP contribution in [0.2, 0.25) is 0 Å². The molecule has 0 radical (unpaired) electrons. The Morgan fingerprint density at radius 3 is 2.70 bits per heavy atom. The van der Waals surface area contributed by atoms with Gasteiger partial charge in [-0.2, -0.15) is 0 Å². The van der Waals surface area contributed by atoms with Gasteiger partial charge in [0.15, 0.2) is 16.4 Å². The Kier molecular flexibility index (Phi) is 5.36. The Morgan fingerprint density at radius 2 is 2.00 bits per heavy atom. The molecular formula is C18H22N4O7S. The number of carbonyl (C=O) groups is 2. The number of rotatable bonds is 5. The van der Waals surface area contributed by atoms with E-state index in [1.807, 2.05) is 0 Å². The number of hydrogen-bond acceptors (Lipinski definition) is 8. The third-order valence-corrected chi connectivity index (χ3v) is 7.39. The molecule has 1 aromatic carbocycles. The molecule has 0 saturated carbocycles. The second-order valence-corrected chi connectivity index (χ2v) is 9.89. The summed E-state index contributed by atoms with van der Waals surface area (Å²) in [6.45, 7) is 0.934. The van der Waals surface area contributed by atoms with Crippen LogP contribution in [0.5, 0.6) is 5.75 Å². The third kappa shape index (κ3) is 4.10. The highest BCUT2D eigenvalue weighted by Gasteiger charge is 2.42. The minimum Gasteiger partial charge on any atom is -0.482 e. The molecule has 162 valence electrons. The summed E-state index contributed by atoms with van der Waals surface area (Å²) < 4.78 is 29.6. The average Bonchev–Trinajstić information content (AvgIpc) is 3.31. The lowest BCUT2D eigenvalue weighted by molar-refractivity contribution is -0.384. The lowest BCUT2D eigenvalue weighted by Gasteiger charge is -2.31. The van der Waals surface area contributed by atoms with Gasteiger partial charge in [-0.1, -0.05) is 0 Å². The van der Waals surface area contributed by atoms with Gasteiger partial charge in [0.1, 0.15) is 12.3 Å². The van der Waals surface area contributed by atoms with Gasteiger partial charge in [-0.15, -0.1) is 0 Å². The zero-order chi connectivity index (χ0) is 21.5. The number of hydrogen-bond donors (Lipinski definition) is 1. The Morgan fingerprint density at radius 1 is 1.27 bits per heavy atom. The fourth-order valence-electron chi connectivity index (χ4n) is 4.27. The number of nitrogens with zero attached hydrogens (tertiary/aromatic N) is 3. The smallest absolute Gasteiger partial charge is 0.271 e. The highest BCUT2D eigenvalue weighted by atomic mass is 32.2. The van der Waals surface area contributed by atoms with E-state index in [1.165, 1.54) is 18.2 Å². The summed E-state index contributed by atoms with van der Waals surface area (Å²) in [5, 5.41) is 13.8. The predicted octanol–water partition coefficient (Wildman–Crippen LogP) is -0.302. The van der Waals surface area contributed by atoms with Crippen molar-refractivity contribution in [2.75, 3.05) is 42.6 Å². The summed E-state index contributed by atoms with van der Waals surface area (Å²) in [4.78, 5) is 38.8. The van der Waals surface area contributed by atoms with Crippen molar-refractivity contribution in [1.82, 2.24) is 10.2 Å². The molecule has 3 heterocycles. The Hall–Kier alpha value is -2.73. The summed E-state index contributed by atoms with van der Waals surface area (Å²) in [6, 6.07) is 3.00. The van der Waals surface area contributed by atoms with Gasteiger partial charge in [0.2, 0.25) is 5.91 Å². The quantitative estimate of drug-likeness (QED) is 0.488. The number of sulfone groups is 1. The van der Waals surface area contributed by atoms with Crippen LogP contribution in [0, 0.1) is 10.1 Å². The molecule has 11 nitrogen and oxygen atoms in total. The molecule has 0 aliphatic carbocycles. The topological polar surface area (TPSA) is 139 Å². The molecule has 4 rings (SSSR count). The molecule has 12 heteroatoms. The zero-order valence-corrected chi connectivity index (χ0v) is 17.0. The first-order chi connectivity index (χ1) is 14.2. The van der Waals surface area contributed by atoms with Crippen molar-refractivity contribution >= 4 is 33.0 Å². The van der Waals surface area contributed by atoms with Gasteiger partial charge in [-0.25, -0.2) is 8.42 Å². The molecule has 1 N–H and O–H groups in total. The zero-order valence-electron chi connectivity index (χ0n) is 16.2. The van der Waals surface area contributed by atoms with Gasteiger partial charge in [0, 0.05) is 18.2 Å². The molecular weight excluding hydrogens is 416 g/mol. The number of amides is 2. The van der Waals surface area contributed by atoms with Crippen molar-refractivity contribution in [3.8, 4) is 5.75 Å². The first-order valence-corrected chi connectivity index (χ1v) is 11.5. The highest BCUT2D eigenvalue weighted by molar-refractivity contribution is 7.91. The normalized spacial score (nSPS) is 25.6. The van der Waals surface area contributed by atoms with Crippen molar-refractivity contribution in [3.05, 3.63) is 28.3 Å². The van der Waals surface area contributed by atoms with Crippen LogP contribution in [-0.2, 0) is 19.4 Å². The minimum absolute atomic E-state index is 0.00343. The van der Waals surface area contributed by atoms with E-state index in [2.05, 4.69) is 10.2 Å².